The van der Waals surface area contributed by atoms with Crippen molar-refractivity contribution in [2.24, 2.45) is 17.8 Å². The van der Waals surface area contributed by atoms with Crippen LogP contribution in [-0.2, 0) is 4.79 Å². The zero-order chi connectivity index (χ0) is 17.1. The maximum absolute atomic E-state index is 12.3. The second-order valence-corrected chi connectivity index (χ2v) is 7.98. The minimum Gasteiger partial charge on any atom is -0.350 e. The maximum atomic E-state index is 12.3. The van der Waals surface area contributed by atoms with Gasteiger partial charge in [-0.3, -0.25) is 4.79 Å². The Kier molecular flexibility index (Phi) is 5.59. The smallest absolute Gasteiger partial charge is 0.288 e. The first-order valence-corrected chi connectivity index (χ1v) is 9.42. The van der Waals surface area contributed by atoms with Crippen LogP contribution in [0.2, 0.25) is 0 Å². The van der Waals surface area contributed by atoms with Gasteiger partial charge in [0.25, 0.3) is 5.76 Å². The SMILES string of the molecule is C[C@@H](NC(=O)/C=C/c1ccc(SC(F)F)cc1)[C@@H]1C[C@@H]2CC[C@H]1C2. The van der Waals surface area contributed by atoms with E-state index in [2.05, 4.69) is 12.2 Å². The fourth-order valence-electron chi connectivity index (χ4n) is 4.22. The van der Waals surface area contributed by atoms with E-state index in [9.17, 15) is 13.6 Å². The van der Waals surface area contributed by atoms with Gasteiger partial charge in [-0.2, -0.15) is 8.78 Å². The second-order valence-electron chi connectivity index (χ2n) is 6.92. The zero-order valence-corrected chi connectivity index (χ0v) is 14.6. The molecule has 2 aliphatic carbocycles. The highest BCUT2D eigenvalue weighted by atomic mass is 32.2. The van der Waals surface area contributed by atoms with E-state index in [1.54, 1.807) is 30.3 Å². The van der Waals surface area contributed by atoms with Crippen molar-refractivity contribution < 1.29 is 13.6 Å². The summed E-state index contributed by atoms with van der Waals surface area (Å²) in [6.07, 6.45) is 8.51. The Morgan fingerprint density at radius 3 is 2.58 bits per heavy atom. The van der Waals surface area contributed by atoms with Gasteiger partial charge < -0.3 is 5.32 Å². The Morgan fingerprint density at radius 1 is 1.25 bits per heavy atom. The lowest BCUT2D eigenvalue weighted by atomic mass is 9.84. The molecule has 0 radical (unpaired) electrons. The number of hydrogen-bond donors (Lipinski definition) is 1. The predicted octanol–water partition coefficient (Wildman–Crippen LogP) is 4.96. The molecular weight excluding hydrogens is 328 g/mol. The average Bonchev–Trinajstić information content (AvgIpc) is 3.17. The second kappa shape index (κ2) is 7.68. The molecule has 1 aromatic carbocycles. The van der Waals surface area contributed by atoms with Crippen molar-refractivity contribution in [2.75, 3.05) is 0 Å². The van der Waals surface area contributed by atoms with Crippen LogP contribution in [0.15, 0.2) is 35.2 Å². The molecule has 4 atom stereocenters. The fourth-order valence-corrected chi connectivity index (χ4v) is 4.72. The lowest BCUT2D eigenvalue weighted by molar-refractivity contribution is -0.117. The molecule has 2 fully saturated rings. The number of benzene rings is 1. The lowest BCUT2D eigenvalue weighted by Crippen LogP contribution is -2.39. The third kappa shape index (κ3) is 4.38. The van der Waals surface area contributed by atoms with Crippen LogP contribution >= 0.6 is 11.8 Å². The zero-order valence-electron chi connectivity index (χ0n) is 13.8. The average molecular weight is 351 g/mol. The van der Waals surface area contributed by atoms with Crippen LogP contribution in [0.3, 0.4) is 0 Å². The number of thioether (sulfide) groups is 1. The Hall–Kier alpha value is -1.36. The summed E-state index contributed by atoms with van der Waals surface area (Å²) in [5.74, 6) is -0.221. The Morgan fingerprint density at radius 2 is 2.00 bits per heavy atom. The van der Waals surface area contributed by atoms with Gasteiger partial charge >= 0.3 is 0 Å². The van der Waals surface area contributed by atoms with Gasteiger partial charge in [0.05, 0.1) is 0 Å². The van der Waals surface area contributed by atoms with Crippen molar-refractivity contribution in [1.29, 1.82) is 0 Å². The van der Waals surface area contributed by atoms with Crippen molar-refractivity contribution in [1.82, 2.24) is 5.32 Å². The van der Waals surface area contributed by atoms with E-state index in [4.69, 9.17) is 0 Å². The number of hydrogen-bond acceptors (Lipinski definition) is 2. The molecule has 24 heavy (non-hydrogen) atoms. The van der Waals surface area contributed by atoms with Gasteiger partial charge in [0.1, 0.15) is 0 Å². The molecule has 0 spiro atoms. The Balaban J connectivity index is 1.49. The highest BCUT2D eigenvalue weighted by molar-refractivity contribution is 7.99. The molecule has 3 rings (SSSR count). The summed E-state index contributed by atoms with van der Waals surface area (Å²) in [7, 11) is 0. The van der Waals surface area contributed by atoms with Crippen LogP contribution in [0.5, 0.6) is 0 Å². The lowest BCUT2D eigenvalue weighted by Gasteiger charge is -2.28. The van der Waals surface area contributed by atoms with Gasteiger partial charge in [0.15, 0.2) is 0 Å². The van der Waals surface area contributed by atoms with Crippen molar-refractivity contribution in [3.05, 3.63) is 35.9 Å². The monoisotopic (exact) mass is 351 g/mol. The topological polar surface area (TPSA) is 29.1 Å². The third-order valence-corrected chi connectivity index (χ3v) is 6.06. The highest BCUT2D eigenvalue weighted by Crippen LogP contribution is 2.49. The van der Waals surface area contributed by atoms with Gasteiger partial charge in [0.2, 0.25) is 5.91 Å². The molecular formula is C19H23F2NOS. The summed E-state index contributed by atoms with van der Waals surface area (Å²) in [5, 5.41) is 3.09. The standard InChI is InChI=1S/C19H23F2NOS/c1-12(17-11-14-2-6-15(17)10-14)22-18(23)9-5-13-3-7-16(8-4-13)24-19(20)21/h3-5,7-9,12,14-15,17,19H,2,6,10-11H2,1H3,(H,22,23)/b9-5+/t12-,14-,15+,17+/m1/s1. The highest BCUT2D eigenvalue weighted by Gasteiger charge is 2.41. The van der Waals surface area contributed by atoms with E-state index in [1.165, 1.54) is 31.8 Å². The van der Waals surface area contributed by atoms with Gasteiger partial charge in [-0.25, -0.2) is 0 Å². The number of nitrogens with one attached hydrogen (secondary N) is 1. The number of halogens is 2. The van der Waals surface area contributed by atoms with E-state index < -0.39 is 5.76 Å². The van der Waals surface area contributed by atoms with Gasteiger partial charge in [-0.05, 0) is 67.7 Å². The first kappa shape index (κ1) is 17.5. The van der Waals surface area contributed by atoms with Gasteiger partial charge in [-0.1, -0.05) is 30.3 Å². The van der Waals surface area contributed by atoms with E-state index >= 15 is 0 Å². The first-order chi connectivity index (χ1) is 11.5. The fraction of sp³-hybridized carbons (Fsp3) is 0.526. The minimum absolute atomic E-state index is 0.0868. The number of amides is 1. The Labute approximate surface area is 146 Å². The summed E-state index contributed by atoms with van der Waals surface area (Å²) in [6, 6.07) is 6.99. The van der Waals surface area contributed by atoms with Crippen molar-refractivity contribution in [3.63, 3.8) is 0 Å². The van der Waals surface area contributed by atoms with Crippen LogP contribution in [0, 0.1) is 17.8 Å². The minimum atomic E-state index is -2.41. The van der Waals surface area contributed by atoms with Crippen LogP contribution in [0.4, 0.5) is 8.78 Å². The molecule has 0 aliphatic heterocycles. The summed E-state index contributed by atoms with van der Waals surface area (Å²) in [4.78, 5) is 12.6. The summed E-state index contributed by atoms with van der Waals surface area (Å²) in [6.45, 7) is 2.10. The van der Waals surface area contributed by atoms with Crippen LogP contribution < -0.4 is 5.32 Å². The largest absolute Gasteiger partial charge is 0.350 e. The molecule has 2 nitrogen and oxygen atoms in total. The number of carbonyl (C=O) groups is 1. The summed E-state index contributed by atoms with van der Waals surface area (Å²) >= 11 is 0.523. The molecule has 1 N–H and O–H groups in total. The number of carbonyl (C=O) groups excluding carboxylic acids is 1. The van der Waals surface area contributed by atoms with Gasteiger partial charge in [0, 0.05) is 17.0 Å². The molecule has 1 amide bonds. The first-order valence-electron chi connectivity index (χ1n) is 8.54. The molecule has 0 unspecified atom stereocenters. The normalized spacial score (nSPS) is 27.1. The van der Waals surface area contributed by atoms with Crippen LogP contribution in [-0.4, -0.2) is 17.7 Å². The van der Waals surface area contributed by atoms with Crippen molar-refractivity contribution >= 4 is 23.7 Å². The van der Waals surface area contributed by atoms with Crippen LogP contribution in [0.25, 0.3) is 6.08 Å². The molecule has 2 bridgehead atoms. The quantitative estimate of drug-likeness (QED) is 0.580. The van der Waals surface area contributed by atoms with Crippen molar-refractivity contribution in [3.8, 4) is 0 Å². The number of fused-ring (bicyclic) bond motifs is 2. The molecule has 5 heteroatoms. The number of alkyl halides is 2. The molecule has 2 saturated carbocycles. The molecule has 2 aliphatic rings. The van der Waals surface area contributed by atoms with Crippen molar-refractivity contribution in [2.45, 2.75) is 49.3 Å². The molecule has 0 aromatic heterocycles. The van der Waals surface area contributed by atoms with Gasteiger partial charge in [-0.15, -0.1) is 0 Å². The van der Waals surface area contributed by atoms with E-state index in [0.29, 0.717) is 22.6 Å². The number of rotatable bonds is 6. The predicted molar refractivity (Wildman–Crippen MR) is 93.9 cm³/mol. The van der Waals surface area contributed by atoms with Crippen LogP contribution in [0.1, 0.15) is 38.2 Å². The molecule has 0 saturated heterocycles. The van der Waals surface area contributed by atoms with E-state index in [0.717, 1.165) is 17.4 Å². The third-order valence-electron chi connectivity index (χ3n) is 5.34. The summed E-state index contributed by atoms with van der Waals surface area (Å²) in [5.41, 5.74) is 0.830. The molecule has 130 valence electrons. The Bertz CT molecular complexity index is 602. The molecule has 0 heterocycles. The maximum Gasteiger partial charge on any atom is 0.288 e. The van der Waals surface area contributed by atoms with E-state index in [-0.39, 0.29) is 11.9 Å². The van der Waals surface area contributed by atoms with E-state index in [1.807, 2.05) is 0 Å². The molecule has 1 aromatic rings. The summed E-state index contributed by atoms with van der Waals surface area (Å²) < 4.78 is 24.6.